The Morgan fingerprint density at radius 3 is 2.50 bits per heavy atom. The van der Waals surface area contributed by atoms with Crippen LogP contribution < -0.4 is 5.73 Å². The molecule has 2 rings (SSSR count). The fourth-order valence-corrected chi connectivity index (χ4v) is 3.90. The maximum atomic E-state index is 11.3. The Morgan fingerprint density at radius 1 is 1.25 bits per heavy atom. The minimum atomic E-state index is -0.986. The van der Waals surface area contributed by atoms with Crippen molar-refractivity contribution in [1.82, 2.24) is 4.90 Å². The van der Waals surface area contributed by atoms with Gasteiger partial charge in [0, 0.05) is 6.04 Å². The molecular formula is C16H30N2O2. The van der Waals surface area contributed by atoms with Crippen LogP contribution in [0.5, 0.6) is 0 Å². The third-order valence-electron chi connectivity index (χ3n) is 5.45. The van der Waals surface area contributed by atoms with Crippen molar-refractivity contribution in [2.45, 2.75) is 70.9 Å². The number of hydrogen-bond acceptors (Lipinski definition) is 3. The Hall–Kier alpha value is -0.610. The molecule has 3 unspecified atom stereocenters. The molecule has 3 atom stereocenters. The Labute approximate surface area is 122 Å². The van der Waals surface area contributed by atoms with Gasteiger partial charge in [0.1, 0.15) is 5.54 Å². The second-order valence-electron chi connectivity index (χ2n) is 7.89. The predicted molar refractivity (Wildman–Crippen MR) is 80.6 cm³/mol. The van der Waals surface area contributed by atoms with E-state index in [0.29, 0.717) is 24.3 Å². The van der Waals surface area contributed by atoms with Crippen LogP contribution in [0.25, 0.3) is 0 Å². The minimum absolute atomic E-state index is 0.370. The fraction of sp³-hybridized carbons (Fsp3) is 0.938. The number of nitrogens with two attached hydrogens (primary N) is 1. The standard InChI is InChI=1S/C16H30N2O2/c1-15(2,3)12-5-4-9-18(10-7-12)13-6-8-16(17,11-13)14(19)20/h12-13H,4-11,17H2,1-3H3,(H,19,20). The van der Waals surface area contributed by atoms with Gasteiger partial charge in [-0.05, 0) is 62.9 Å². The number of aliphatic carboxylic acids is 1. The zero-order valence-electron chi connectivity index (χ0n) is 13.2. The van der Waals surface area contributed by atoms with E-state index in [2.05, 4.69) is 25.7 Å². The molecule has 0 amide bonds. The number of hydrogen-bond donors (Lipinski definition) is 2. The Bertz CT molecular complexity index is 364. The molecule has 1 saturated heterocycles. The lowest BCUT2D eigenvalue weighted by molar-refractivity contribution is -0.143. The summed E-state index contributed by atoms with van der Waals surface area (Å²) in [5.41, 5.74) is 5.40. The summed E-state index contributed by atoms with van der Waals surface area (Å²) < 4.78 is 0. The number of rotatable bonds is 2. The molecule has 4 nitrogen and oxygen atoms in total. The lowest BCUT2D eigenvalue weighted by atomic mass is 9.77. The molecular weight excluding hydrogens is 252 g/mol. The lowest BCUT2D eigenvalue weighted by Crippen LogP contribution is -2.47. The highest BCUT2D eigenvalue weighted by atomic mass is 16.4. The van der Waals surface area contributed by atoms with Gasteiger partial charge in [-0.2, -0.15) is 0 Å². The number of carboxylic acids is 1. The van der Waals surface area contributed by atoms with Gasteiger partial charge in [-0.15, -0.1) is 0 Å². The Kier molecular flexibility index (Phi) is 4.45. The lowest BCUT2D eigenvalue weighted by Gasteiger charge is -2.31. The summed E-state index contributed by atoms with van der Waals surface area (Å²) in [6, 6.07) is 0.370. The molecule has 2 fully saturated rings. The summed E-state index contributed by atoms with van der Waals surface area (Å²) in [6.45, 7) is 9.20. The first-order chi connectivity index (χ1) is 9.22. The zero-order chi connectivity index (χ0) is 15.0. The van der Waals surface area contributed by atoms with Gasteiger partial charge >= 0.3 is 5.97 Å². The van der Waals surface area contributed by atoms with Crippen LogP contribution in [0, 0.1) is 11.3 Å². The molecule has 3 N–H and O–H groups in total. The maximum absolute atomic E-state index is 11.3. The van der Waals surface area contributed by atoms with Crippen LogP contribution in [0.3, 0.4) is 0 Å². The normalized spacial score (nSPS) is 36.8. The van der Waals surface area contributed by atoms with Crippen LogP contribution in [-0.2, 0) is 4.79 Å². The van der Waals surface area contributed by atoms with Gasteiger partial charge in [0.05, 0.1) is 0 Å². The first kappa shape index (κ1) is 15.8. The molecule has 0 aromatic rings. The molecule has 4 heteroatoms. The third-order valence-corrected chi connectivity index (χ3v) is 5.45. The highest BCUT2D eigenvalue weighted by molar-refractivity contribution is 5.79. The number of nitrogens with zero attached hydrogens (tertiary/aromatic N) is 1. The largest absolute Gasteiger partial charge is 0.480 e. The molecule has 1 aliphatic heterocycles. The number of likely N-dealkylation sites (tertiary alicyclic amines) is 1. The van der Waals surface area contributed by atoms with Crippen molar-refractivity contribution in [3.8, 4) is 0 Å². The maximum Gasteiger partial charge on any atom is 0.323 e. The highest BCUT2D eigenvalue weighted by Gasteiger charge is 2.44. The molecule has 0 bridgehead atoms. The first-order valence-corrected chi connectivity index (χ1v) is 7.99. The minimum Gasteiger partial charge on any atom is -0.480 e. The van der Waals surface area contributed by atoms with Crippen molar-refractivity contribution in [2.75, 3.05) is 13.1 Å². The Morgan fingerprint density at radius 2 is 1.95 bits per heavy atom. The second kappa shape index (κ2) is 5.64. The van der Waals surface area contributed by atoms with E-state index in [0.717, 1.165) is 25.4 Å². The van der Waals surface area contributed by atoms with E-state index in [1.54, 1.807) is 0 Å². The molecule has 20 heavy (non-hydrogen) atoms. The van der Waals surface area contributed by atoms with Gasteiger partial charge < -0.3 is 15.7 Å². The first-order valence-electron chi connectivity index (χ1n) is 7.99. The monoisotopic (exact) mass is 282 g/mol. The molecule has 1 heterocycles. The van der Waals surface area contributed by atoms with Crippen LogP contribution in [0.2, 0.25) is 0 Å². The SMILES string of the molecule is CC(C)(C)C1CCCN(C2CCC(N)(C(=O)O)C2)CC1. The van der Waals surface area contributed by atoms with E-state index in [1.165, 1.54) is 19.3 Å². The summed E-state index contributed by atoms with van der Waals surface area (Å²) in [4.78, 5) is 13.8. The molecule has 1 saturated carbocycles. The zero-order valence-corrected chi connectivity index (χ0v) is 13.2. The average molecular weight is 282 g/mol. The van der Waals surface area contributed by atoms with E-state index in [4.69, 9.17) is 5.73 Å². The topological polar surface area (TPSA) is 66.6 Å². The van der Waals surface area contributed by atoms with Gasteiger partial charge in [0.2, 0.25) is 0 Å². The van der Waals surface area contributed by atoms with Crippen molar-refractivity contribution >= 4 is 5.97 Å². The summed E-state index contributed by atoms with van der Waals surface area (Å²) in [6.07, 6.45) is 5.91. The second-order valence-corrected chi connectivity index (χ2v) is 7.89. The highest BCUT2D eigenvalue weighted by Crippen LogP contribution is 2.37. The van der Waals surface area contributed by atoms with Crippen molar-refractivity contribution in [1.29, 1.82) is 0 Å². The third kappa shape index (κ3) is 3.34. The Balaban J connectivity index is 1.94. The molecule has 116 valence electrons. The van der Waals surface area contributed by atoms with E-state index >= 15 is 0 Å². The van der Waals surface area contributed by atoms with Gasteiger partial charge in [-0.3, -0.25) is 4.79 Å². The number of carboxylic acid groups (broad SMARTS) is 1. The van der Waals surface area contributed by atoms with Crippen LogP contribution in [0.15, 0.2) is 0 Å². The molecule has 0 spiro atoms. The quantitative estimate of drug-likeness (QED) is 0.816. The smallest absolute Gasteiger partial charge is 0.323 e. The van der Waals surface area contributed by atoms with Gasteiger partial charge in [-0.25, -0.2) is 0 Å². The van der Waals surface area contributed by atoms with Crippen LogP contribution in [0.1, 0.15) is 59.3 Å². The van der Waals surface area contributed by atoms with E-state index in [1.807, 2.05) is 0 Å². The molecule has 0 aromatic heterocycles. The van der Waals surface area contributed by atoms with Crippen LogP contribution >= 0.6 is 0 Å². The van der Waals surface area contributed by atoms with Gasteiger partial charge in [0.15, 0.2) is 0 Å². The van der Waals surface area contributed by atoms with Crippen molar-refractivity contribution in [3.05, 3.63) is 0 Å². The van der Waals surface area contributed by atoms with E-state index in [9.17, 15) is 9.90 Å². The molecule has 0 radical (unpaired) electrons. The van der Waals surface area contributed by atoms with Crippen LogP contribution in [0.4, 0.5) is 0 Å². The average Bonchev–Trinajstić information content (AvgIpc) is 2.60. The number of carbonyl (C=O) groups is 1. The van der Waals surface area contributed by atoms with Crippen molar-refractivity contribution in [2.24, 2.45) is 17.1 Å². The van der Waals surface area contributed by atoms with Crippen molar-refractivity contribution in [3.63, 3.8) is 0 Å². The summed E-state index contributed by atoms with van der Waals surface area (Å²) in [7, 11) is 0. The van der Waals surface area contributed by atoms with Gasteiger partial charge in [-0.1, -0.05) is 20.8 Å². The van der Waals surface area contributed by atoms with E-state index in [-0.39, 0.29) is 0 Å². The molecule has 2 aliphatic rings. The predicted octanol–water partition coefficient (Wildman–Crippen LogP) is 2.47. The molecule has 1 aliphatic carbocycles. The van der Waals surface area contributed by atoms with E-state index < -0.39 is 11.5 Å². The van der Waals surface area contributed by atoms with Crippen LogP contribution in [-0.4, -0.2) is 40.6 Å². The fourth-order valence-electron chi connectivity index (χ4n) is 3.90. The summed E-state index contributed by atoms with van der Waals surface area (Å²) >= 11 is 0. The summed E-state index contributed by atoms with van der Waals surface area (Å²) in [5, 5.41) is 9.25. The van der Waals surface area contributed by atoms with Crippen molar-refractivity contribution < 1.29 is 9.90 Å². The van der Waals surface area contributed by atoms with Gasteiger partial charge in [0.25, 0.3) is 0 Å². The molecule has 0 aromatic carbocycles. The summed E-state index contributed by atoms with van der Waals surface area (Å²) in [5.74, 6) is -0.0570.